The van der Waals surface area contributed by atoms with E-state index in [0.717, 1.165) is 60.9 Å². The first kappa shape index (κ1) is 23.0. The molecule has 31 heavy (non-hydrogen) atoms. The number of nitrogens with zero attached hydrogens (tertiary/aromatic N) is 1. The number of pyridine rings is 1. The van der Waals surface area contributed by atoms with Crippen LogP contribution in [0.3, 0.4) is 0 Å². The summed E-state index contributed by atoms with van der Waals surface area (Å²) in [5.41, 5.74) is 9.74. The summed E-state index contributed by atoms with van der Waals surface area (Å²) in [7, 11) is 0. The van der Waals surface area contributed by atoms with Crippen LogP contribution in [0.1, 0.15) is 55.1 Å². The zero-order valence-electron chi connectivity index (χ0n) is 17.6. The van der Waals surface area contributed by atoms with Gasteiger partial charge in [-0.3, -0.25) is 4.79 Å². The Balaban J connectivity index is 0.00000272. The minimum Gasteiger partial charge on any atom is -0.381 e. The minimum absolute atomic E-state index is 0. The number of carbonyl (C=O) groups is 1. The van der Waals surface area contributed by atoms with Crippen LogP contribution in [0.25, 0.3) is 11.0 Å². The summed E-state index contributed by atoms with van der Waals surface area (Å²) in [6.45, 7) is 2.13. The Labute approximate surface area is 187 Å². The first-order valence-electron chi connectivity index (χ1n) is 10.6. The zero-order valence-corrected chi connectivity index (χ0v) is 18.4. The second kappa shape index (κ2) is 10.1. The molecule has 166 valence electrons. The van der Waals surface area contributed by atoms with Gasteiger partial charge in [-0.2, -0.15) is 0 Å². The first-order chi connectivity index (χ1) is 14.5. The Morgan fingerprint density at radius 1 is 1.23 bits per heavy atom. The first-order valence-corrected chi connectivity index (χ1v) is 10.6. The summed E-state index contributed by atoms with van der Waals surface area (Å²) in [6.07, 6.45) is 7.42. The number of aromatic nitrogens is 2. The molecule has 0 bridgehead atoms. The monoisotopic (exact) mass is 445 g/mol. The normalized spacial score (nSPS) is 18.4. The average Bonchev–Trinajstić information content (AvgIpc) is 3.15. The minimum atomic E-state index is -0.343. The van der Waals surface area contributed by atoms with Gasteiger partial charge in [-0.05, 0) is 62.4 Å². The summed E-state index contributed by atoms with van der Waals surface area (Å²) in [6, 6.07) is 8.34. The smallest absolute Gasteiger partial charge is 0.259 e. The number of hydrogen-bond donors (Lipinski definition) is 4. The van der Waals surface area contributed by atoms with Gasteiger partial charge in [0.2, 0.25) is 0 Å². The Morgan fingerprint density at radius 2 is 1.94 bits per heavy atom. The maximum atomic E-state index is 13.2. The summed E-state index contributed by atoms with van der Waals surface area (Å²) >= 11 is 0. The second-order valence-electron chi connectivity index (χ2n) is 8.07. The van der Waals surface area contributed by atoms with Crippen LogP contribution in [0.5, 0.6) is 0 Å². The number of nitrogens with one attached hydrogen (secondary N) is 3. The maximum absolute atomic E-state index is 13.2. The van der Waals surface area contributed by atoms with Crippen molar-refractivity contribution in [3.8, 4) is 0 Å². The van der Waals surface area contributed by atoms with Gasteiger partial charge >= 0.3 is 0 Å². The highest BCUT2D eigenvalue weighted by Crippen LogP contribution is 2.31. The van der Waals surface area contributed by atoms with Crippen molar-refractivity contribution in [3.05, 3.63) is 53.6 Å². The molecule has 1 saturated carbocycles. The lowest BCUT2D eigenvalue weighted by Gasteiger charge is -2.28. The predicted molar refractivity (Wildman–Crippen MR) is 126 cm³/mol. The van der Waals surface area contributed by atoms with E-state index in [1.807, 2.05) is 0 Å². The van der Waals surface area contributed by atoms with E-state index in [9.17, 15) is 9.18 Å². The van der Waals surface area contributed by atoms with Crippen LogP contribution in [0, 0.1) is 5.82 Å². The van der Waals surface area contributed by atoms with Crippen LogP contribution in [-0.4, -0.2) is 28.0 Å². The molecule has 3 aromatic rings. The number of carbonyl (C=O) groups excluding carboxylic acids is 1. The van der Waals surface area contributed by atoms with Crippen molar-refractivity contribution in [1.82, 2.24) is 9.97 Å². The highest BCUT2D eigenvalue weighted by atomic mass is 35.5. The van der Waals surface area contributed by atoms with E-state index in [4.69, 9.17) is 5.73 Å². The van der Waals surface area contributed by atoms with E-state index in [0.29, 0.717) is 11.3 Å². The van der Waals surface area contributed by atoms with E-state index < -0.39 is 0 Å². The third-order valence-corrected chi connectivity index (χ3v) is 5.70. The molecule has 0 unspecified atom stereocenters. The van der Waals surface area contributed by atoms with Gasteiger partial charge in [-0.1, -0.05) is 13.3 Å². The molecule has 0 aliphatic heterocycles. The second-order valence-corrected chi connectivity index (χ2v) is 8.07. The summed E-state index contributed by atoms with van der Waals surface area (Å²) in [5.74, 6) is -0.617. The molecule has 8 heteroatoms. The fraction of sp³-hybridized carbons (Fsp3) is 0.391. The summed E-state index contributed by atoms with van der Waals surface area (Å²) < 4.78 is 13.2. The van der Waals surface area contributed by atoms with Crippen molar-refractivity contribution >= 4 is 40.7 Å². The third-order valence-electron chi connectivity index (χ3n) is 5.70. The van der Waals surface area contributed by atoms with E-state index in [1.54, 1.807) is 18.3 Å². The third kappa shape index (κ3) is 5.35. The molecule has 0 radical (unpaired) electrons. The summed E-state index contributed by atoms with van der Waals surface area (Å²) in [4.78, 5) is 20.9. The molecular weight excluding hydrogens is 417 g/mol. The molecule has 0 spiro atoms. The van der Waals surface area contributed by atoms with Gasteiger partial charge in [0.15, 0.2) is 0 Å². The largest absolute Gasteiger partial charge is 0.381 e. The number of amides is 1. The van der Waals surface area contributed by atoms with Crippen molar-refractivity contribution in [3.63, 3.8) is 0 Å². The lowest BCUT2D eigenvalue weighted by molar-refractivity contribution is 0.102. The Kier molecular flexibility index (Phi) is 7.51. The van der Waals surface area contributed by atoms with E-state index in [1.165, 1.54) is 12.1 Å². The summed E-state index contributed by atoms with van der Waals surface area (Å²) in [5, 5.41) is 7.38. The topological polar surface area (TPSA) is 95.8 Å². The van der Waals surface area contributed by atoms with Crippen LogP contribution < -0.4 is 16.4 Å². The number of anilines is 2. The van der Waals surface area contributed by atoms with Crippen LogP contribution >= 0.6 is 12.4 Å². The molecule has 0 saturated heterocycles. The molecule has 0 atom stereocenters. The number of aromatic amines is 1. The van der Waals surface area contributed by atoms with Gasteiger partial charge in [-0.15, -0.1) is 12.4 Å². The predicted octanol–water partition coefficient (Wildman–Crippen LogP) is 5.01. The molecule has 1 aliphatic rings. The lowest BCUT2D eigenvalue weighted by Crippen LogP contribution is -2.33. The van der Waals surface area contributed by atoms with Crippen LogP contribution in [0.15, 0.2) is 36.5 Å². The number of halogens is 2. The van der Waals surface area contributed by atoms with Gasteiger partial charge in [0, 0.05) is 35.0 Å². The van der Waals surface area contributed by atoms with Crippen molar-refractivity contribution in [2.45, 2.75) is 57.5 Å². The molecule has 1 fully saturated rings. The highest BCUT2D eigenvalue weighted by Gasteiger charge is 2.23. The molecule has 6 nitrogen and oxygen atoms in total. The highest BCUT2D eigenvalue weighted by molar-refractivity contribution is 6.12. The van der Waals surface area contributed by atoms with Gasteiger partial charge < -0.3 is 21.4 Å². The number of aryl methyl sites for hydroxylation is 1. The number of benzene rings is 1. The maximum Gasteiger partial charge on any atom is 0.259 e. The Bertz CT molecular complexity index is 1030. The van der Waals surface area contributed by atoms with Crippen molar-refractivity contribution < 1.29 is 9.18 Å². The van der Waals surface area contributed by atoms with Crippen molar-refractivity contribution in [2.75, 3.05) is 10.6 Å². The van der Waals surface area contributed by atoms with Crippen molar-refractivity contribution in [2.24, 2.45) is 5.73 Å². The molecular formula is C23H29ClFN5O. The number of H-pyrrole nitrogens is 1. The SMILES string of the molecule is CCCc1cc2c(N[C@H]3CC[C@H](N)CC3)c(C(=O)Nc3ccc(F)cc3)cnc2[nH]1.Cl. The van der Waals surface area contributed by atoms with Gasteiger partial charge in [-0.25, -0.2) is 9.37 Å². The molecule has 2 aromatic heterocycles. The quantitative estimate of drug-likeness (QED) is 0.428. The van der Waals surface area contributed by atoms with E-state index in [-0.39, 0.29) is 36.2 Å². The van der Waals surface area contributed by atoms with Gasteiger partial charge in [0.25, 0.3) is 5.91 Å². The Morgan fingerprint density at radius 3 is 2.61 bits per heavy atom. The van der Waals surface area contributed by atoms with Crippen molar-refractivity contribution in [1.29, 1.82) is 0 Å². The fourth-order valence-electron chi connectivity index (χ4n) is 4.06. The standard InChI is InChI=1S/C23H28FN5O.ClH/c1-2-3-18-12-19-21(27-16-10-6-15(25)7-11-16)20(13-26-22(19)28-18)23(30)29-17-8-4-14(24)5-9-17;/h4-5,8-9,12-13,15-16H,2-3,6-7,10-11,25H2,1H3,(H,29,30)(H2,26,27,28);1H/t15-,16-;. The lowest BCUT2D eigenvalue weighted by atomic mass is 9.91. The number of rotatable bonds is 6. The van der Waals surface area contributed by atoms with Gasteiger partial charge in [0.1, 0.15) is 11.5 Å². The molecule has 5 N–H and O–H groups in total. The number of nitrogens with two attached hydrogens (primary N) is 1. The Hall–Kier alpha value is -2.64. The zero-order chi connectivity index (χ0) is 21.1. The van der Waals surface area contributed by atoms with Crippen LogP contribution in [0.2, 0.25) is 0 Å². The fourth-order valence-corrected chi connectivity index (χ4v) is 4.06. The average molecular weight is 446 g/mol. The van der Waals surface area contributed by atoms with Crippen LogP contribution in [0.4, 0.5) is 15.8 Å². The van der Waals surface area contributed by atoms with Crippen LogP contribution in [-0.2, 0) is 6.42 Å². The molecule has 1 aliphatic carbocycles. The molecule has 4 rings (SSSR count). The molecule has 2 heterocycles. The van der Waals surface area contributed by atoms with Gasteiger partial charge in [0.05, 0.1) is 11.3 Å². The molecule has 1 amide bonds. The number of hydrogen-bond acceptors (Lipinski definition) is 4. The number of fused-ring (bicyclic) bond motifs is 1. The van der Waals surface area contributed by atoms with E-state index in [2.05, 4.69) is 33.6 Å². The molecule has 1 aromatic carbocycles. The van der Waals surface area contributed by atoms with E-state index >= 15 is 0 Å².